The summed E-state index contributed by atoms with van der Waals surface area (Å²) in [7, 11) is 0. The first-order valence-electron chi connectivity index (χ1n) is 12.6. The van der Waals surface area contributed by atoms with E-state index in [0.29, 0.717) is 50.6 Å². The number of amides is 2. The van der Waals surface area contributed by atoms with Crippen molar-refractivity contribution < 1.29 is 14.3 Å². The van der Waals surface area contributed by atoms with Crippen LogP contribution >= 0.6 is 22.9 Å². The normalized spacial score (nSPS) is 14.9. The van der Waals surface area contributed by atoms with E-state index in [-0.39, 0.29) is 24.4 Å². The maximum Gasteiger partial charge on any atom is 0.242 e. The van der Waals surface area contributed by atoms with Gasteiger partial charge in [-0.05, 0) is 66.5 Å². The average Bonchev–Trinajstić information content (AvgIpc) is 3.38. The van der Waals surface area contributed by atoms with Gasteiger partial charge >= 0.3 is 0 Å². The van der Waals surface area contributed by atoms with Crippen LogP contribution in [-0.2, 0) is 27.2 Å². The van der Waals surface area contributed by atoms with Gasteiger partial charge in [-0.1, -0.05) is 54.1 Å². The van der Waals surface area contributed by atoms with Crippen LogP contribution in [0.25, 0.3) is 0 Å². The highest BCUT2D eigenvalue weighted by Crippen LogP contribution is 2.38. The number of halogens is 1. The molecule has 7 heteroatoms. The molecule has 3 aromatic rings. The van der Waals surface area contributed by atoms with Gasteiger partial charge in [0, 0.05) is 42.6 Å². The number of hydrogen-bond donors (Lipinski definition) is 0. The molecule has 2 aromatic carbocycles. The van der Waals surface area contributed by atoms with Crippen LogP contribution in [0.1, 0.15) is 47.4 Å². The Bertz CT molecular complexity index is 1130. The number of hydrogen-bond acceptors (Lipinski definition) is 4. The maximum atomic E-state index is 13.7. The Labute approximate surface area is 222 Å². The van der Waals surface area contributed by atoms with E-state index in [1.807, 2.05) is 66.4 Å². The van der Waals surface area contributed by atoms with E-state index < -0.39 is 0 Å². The minimum Gasteiger partial charge on any atom is -0.382 e. The van der Waals surface area contributed by atoms with Gasteiger partial charge in [-0.2, -0.15) is 0 Å². The minimum absolute atomic E-state index is 0.0000220. The third-order valence-corrected chi connectivity index (χ3v) is 7.79. The number of fused-ring (bicyclic) bond motifs is 1. The summed E-state index contributed by atoms with van der Waals surface area (Å²) in [5, 5.41) is 2.76. The van der Waals surface area contributed by atoms with Gasteiger partial charge in [0.2, 0.25) is 11.8 Å². The Kier molecular flexibility index (Phi) is 9.56. The summed E-state index contributed by atoms with van der Waals surface area (Å²) >= 11 is 7.88. The lowest BCUT2D eigenvalue weighted by atomic mass is 9.93. The van der Waals surface area contributed by atoms with Gasteiger partial charge in [0.25, 0.3) is 0 Å². The third kappa shape index (κ3) is 6.75. The lowest BCUT2D eigenvalue weighted by Gasteiger charge is -2.37. The largest absolute Gasteiger partial charge is 0.382 e. The second-order valence-corrected chi connectivity index (χ2v) is 10.4. The van der Waals surface area contributed by atoms with Crippen LogP contribution in [-0.4, -0.2) is 54.5 Å². The lowest BCUT2D eigenvalue weighted by molar-refractivity contribution is -0.142. The van der Waals surface area contributed by atoms with Crippen molar-refractivity contribution in [3.63, 3.8) is 0 Å². The zero-order chi connectivity index (χ0) is 25.3. The fourth-order valence-corrected chi connectivity index (χ4v) is 5.72. The molecule has 2 heterocycles. The number of benzene rings is 2. The summed E-state index contributed by atoms with van der Waals surface area (Å²) in [6, 6.07) is 19.7. The standard InChI is InChI=1S/C29H33ClN2O3S/c1-2-35-19-6-17-31(27(33)14-9-22-7-4-3-5-8-22)21-28(34)32-18-15-26-25(16-20-36-26)29(32)23-10-12-24(30)13-11-23/h3-5,7-8,10-13,16,20,29H,2,6,9,14-15,17-19,21H2,1H3. The maximum absolute atomic E-state index is 13.7. The molecule has 2 amide bonds. The molecule has 0 spiro atoms. The molecule has 0 fully saturated rings. The Balaban J connectivity index is 1.50. The van der Waals surface area contributed by atoms with E-state index in [9.17, 15) is 9.59 Å². The molecule has 0 N–H and O–H groups in total. The number of rotatable bonds is 11. The summed E-state index contributed by atoms with van der Waals surface area (Å²) in [6.45, 7) is 4.37. The molecule has 0 saturated heterocycles. The van der Waals surface area contributed by atoms with Gasteiger partial charge < -0.3 is 14.5 Å². The predicted molar refractivity (Wildman–Crippen MR) is 145 cm³/mol. The molecular weight excluding hydrogens is 492 g/mol. The molecule has 0 saturated carbocycles. The Morgan fingerprint density at radius 1 is 1.11 bits per heavy atom. The van der Waals surface area contributed by atoms with E-state index in [4.69, 9.17) is 16.3 Å². The third-order valence-electron chi connectivity index (χ3n) is 6.54. The molecule has 1 aromatic heterocycles. The highest BCUT2D eigenvalue weighted by atomic mass is 35.5. The zero-order valence-electron chi connectivity index (χ0n) is 20.7. The fraction of sp³-hybridized carbons (Fsp3) is 0.379. The van der Waals surface area contributed by atoms with Gasteiger partial charge in [0.05, 0.1) is 12.6 Å². The highest BCUT2D eigenvalue weighted by Gasteiger charge is 2.33. The number of thiophene rings is 1. The quantitative estimate of drug-likeness (QED) is 0.299. The van der Waals surface area contributed by atoms with E-state index in [1.54, 1.807) is 16.2 Å². The van der Waals surface area contributed by atoms with Crippen molar-refractivity contribution in [2.75, 3.05) is 32.8 Å². The molecule has 1 aliphatic rings. The molecule has 0 radical (unpaired) electrons. The van der Waals surface area contributed by atoms with Crippen LogP contribution in [0.4, 0.5) is 0 Å². The van der Waals surface area contributed by atoms with Crippen molar-refractivity contribution in [1.29, 1.82) is 0 Å². The molecular formula is C29H33ClN2O3S. The van der Waals surface area contributed by atoms with Crippen molar-refractivity contribution in [3.05, 3.63) is 92.6 Å². The lowest BCUT2D eigenvalue weighted by Crippen LogP contribution is -2.47. The molecule has 1 aliphatic heterocycles. The van der Waals surface area contributed by atoms with Crippen molar-refractivity contribution in [1.82, 2.24) is 9.80 Å². The Morgan fingerprint density at radius 2 is 1.89 bits per heavy atom. The van der Waals surface area contributed by atoms with Crippen LogP contribution < -0.4 is 0 Å². The second-order valence-electron chi connectivity index (χ2n) is 8.94. The number of ether oxygens (including phenoxy) is 1. The second kappa shape index (κ2) is 13.0. The van der Waals surface area contributed by atoms with Crippen molar-refractivity contribution >= 4 is 34.8 Å². The van der Waals surface area contributed by atoms with E-state index in [1.165, 1.54) is 10.4 Å². The van der Waals surface area contributed by atoms with E-state index >= 15 is 0 Å². The van der Waals surface area contributed by atoms with Crippen molar-refractivity contribution in [2.45, 2.75) is 38.6 Å². The molecule has 4 rings (SSSR count). The molecule has 1 unspecified atom stereocenters. The Morgan fingerprint density at radius 3 is 2.64 bits per heavy atom. The molecule has 5 nitrogen and oxygen atoms in total. The van der Waals surface area contributed by atoms with Crippen molar-refractivity contribution in [2.24, 2.45) is 0 Å². The van der Waals surface area contributed by atoms with Gasteiger partial charge in [0.15, 0.2) is 0 Å². The summed E-state index contributed by atoms with van der Waals surface area (Å²) in [5.41, 5.74) is 3.32. The molecule has 1 atom stereocenters. The number of carbonyl (C=O) groups excluding carboxylic acids is 2. The molecule has 36 heavy (non-hydrogen) atoms. The van der Waals surface area contributed by atoms with E-state index in [0.717, 1.165) is 17.5 Å². The predicted octanol–water partition coefficient (Wildman–Crippen LogP) is 5.76. The highest BCUT2D eigenvalue weighted by molar-refractivity contribution is 7.10. The van der Waals surface area contributed by atoms with E-state index in [2.05, 4.69) is 11.4 Å². The first kappa shape index (κ1) is 26.4. The summed E-state index contributed by atoms with van der Waals surface area (Å²) < 4.78 is 5.49. The van der Waals surface area contributed by atoms with Crippen LogP contribution in [0, 0.1) is 0 Å². The zero-order valence-corrected chi connectivity index (χ0v) is 22.3. The fourth-order valence-electron chi connectivity index (χ4n) is 4.69. The monoisotopic (exact) mass is 524 g/mol. The van der Waals surface area contributed by atoms with Gasteiger partial charge in [-0.25, -0.2) is 0 Å². The van der Waals surface area contributed by atoms with Crippen molar-refractivity contribution in [3.8, 4) is 0 Å². The SMILES string of the molecule is CCOCCCN(CC(=O)N1CCc2sccc2C1c1ccc(Cl)cc1)C(=O)CCc1ccccc1. The summed E-state index contributed by atoms with van der Waals surface area (Å²) in [6.07, 6.45) is 2.56. The van der Waals surface area contributed by atoms with Crippen LogP contribution in [0.5, 0.6) is 0 Å². The Hall–Kier alpha value is -2.67. The first-order valence-corrected chi connectivity index (χ1v) is 13.8. The number of carbonyl (C=O) groups is 2. The first-order chi connectivity index (χ1) is 17.6. The number of nitrogens with zero attached hydrogens (tertiary/aromatic N) is 2. The molecule has 0 aliphatic carbocycles. The summed E-state index contributed by atoms with van der Waals surface area (Å²) in [4.78, 5) is 31.9. The minimum atomic E-state index is -0.172. The molecule has 0 bridgehead atoms. The smallest absolute Gasteiger partial charge is 0.242 e. The van der Waals surface area contributed by atoms with Crippen LogP contribution in [0.15, 0.2) is 66.0 Å². The van der Waals surface area contributed by atoms with Gasteiger partial charge in [-0.3, -0.25) is 9.59 Å². The van der Waals surface area contributed by atoms with Gasteiger partial charge in [0.1, 0.15) is 0 Å². The van der Waals surface area contributed by atoms with Crippen LogP contribution in [0.2, 0.25) is 5.02 Å². The summed E-state index contributed by atoms with van der Waals surface area (Å²) in [5.74, 6) is -0.0313. The average molecular weight is 525 g/mol. The van der Waals surface area contributed by atoms with Gasteiger partial charge in [-0.15, -0.1) is 11.3 Å². The van der Waals surface area contributed by atoms with Crippen LogP contribution in [0.3, 0.4) is 0 Å². The topological polar surface area (TPSA) is 49.9 Å². The molecule has 190 valence electrons. The number of aryl methyl sites for hydroxylation is 1.